The molecule has 0 amide bonds. The Morgan fingerprint density at radius 3 is 2.00 bits per heavy atom. The van der Waals surface area contributed by atoms with E-state index in [9.17, 15) is 13.0 Å². The SMILES string of the molecule is Cc1ccc(S(=O)(=O)OP(=O)(OP)OP)cc1. The predicted octanol–water partition coefficient (Wildman–Crippen LogP) is 2.42. The third-order valence-corrected chi connectivity index (χ3v) is 6.19. The summed E-state index contributed by atoms with van der Waals surface area (Å²) in [5.41, 5.74) is 0.886. The molecule has 0 aliphatic carbocycles. The molecule has 1 aromatic carbocycles. The first-order valence-electron chi connectivity index (χ1n) is 4.23. The van der Waals surface area contributed by atoms with E-state index < -0.39 is 17.9 Å². The van der Waals surface area contributed by atoms with E-state index in [2.05, 4.69) is 12.6 Å². The summed E-state index contributed by atoms with van der Waals surface area (Å²) in [6, 6.07) is 5.84. The molecule has 0 bridgehead atoms. The smallest absolute Gasteiger partial charge is 0.270 e. The van der Waals surface area contributed by atoms with Gasteiger partial charge in [0, 0.05) is 18.9 Å². The molecular weight excluding hydrogens is 305 g/mol. The summed E-state index contributed by atoms with van der Waals surface area (Å²) in [7, 11) is -5.09. The highest BCUT2D eigenvalue weighted by molar-refractivity contribution is 7.91. The van der Waals surface area contributed by atoms with Crippen LogP contribution in [0.3, 0.4) is 0 Å². The Labute approximate surface area is 104 Å². The lowest BCUT2D eigenvalue weighted by atomic mass is 10.2. The fraction of sp³-hybridized carbons (Fsp3) is 0.143. The molecule has 17 heavy (non-hydrogen) atoms. The average molecular weight is 316 g/mol. The van der Waals surface area contributed by atoms with Crippen molar-refractivity contribution in [2.24, 2.45) is 0 Å². The molecule has 10 heteroatoms. The van der Waals surface area contributed by atoms with Crippen LogP contribution >= 0.6 is 26.8 Å². The zero-order valence-electron chi connectivity index (χ0n) is 8.77. The lowest BCUT2D eigenvalue weighted by molar-refractivity contribution is 0.330. The third-order valence-electron chi connectivity index (χ3n) is 1.76. The van der Waals surface area contributed by atoms with Crippen LogP contribution in [0, 0.1) is 6.92 Å². The fourth-order valence-electron chi connectivity index (χ4n) is 0.928. The minimum Gasteiger partial charge on any atom is -0.270 e. The van der Waals surface area contributed by atoms with E-state index in [1.807, 2.05) is 0 Å². The Hall–Kier alpha value is 0.140. The predicted molar refractivity (Wildman–Crippen MR) is 68.6 cm³/mol. The van der Waals surface area contributed by atoms with Crippen molar-refractivity contribution in [1.29, 1.82) is 0 Å². The summed E-state index contributed by atoms with van der Waals surface area (Å²) in [5, 5.41) is 0. The molecule has 0 aromatic heterocycles. The van der Waals surface area contributed by atoms with Crippen molar-refractivity contribution in [3.63, 3.8) is 0 Å². The molecule has 6 nitrogen and oxygen atoms in total. The van der Waals surface area contributed by atoms with Crippen LogP contribution in [0.25, 0.3) is 0 Å². The normalized spacial score (nSPS) is 12.6. The van der Waals surface area contributed by atoms with Crippen molar-refractivity contribution in [3.8, 4) is 0 Å². The molecule has 2 unspecified atom stereocenters. The molecule has 0 saturated heterocycles. The summed E-state index contributed by atoms with van der Waals surface area (Å²) < 4.78 is 47.9. The van der Waals surface area contributed by atoms with Gasteiger partial charge in [0.1, 0.15) is 0 Å². The molecule has 1 aromatic rings. The molecule has 0 spiro atoms. The van der Waals surface area contributed by atoms with E-state index >= 15 is 0 Å². The maximum atomic E-state index is 11.7. The van der Waals surface area contributed by atoms with Crippen LogP contribution in [-0.2, 0) is 27.3 Å². The average Bonchev–Trinajstić information content (AvgIpc) is 2.29. The summed E-state index contributed by atoms with van der Waals surface area (Å²) >= 11 is 0. The lowest BCUT2D eigenvalue weighted by Crippen LogP contribution is -2.05. The van der Waals surface area contributed by atoms with E-state index in [0.717, 1.165) is 5.56 Å². The second-order valence-electron chi connectivity index (χ2n) is 3.00. The van der Waals surface area contributed by atoms with E-state index in [4.69, 9.17) is 0 Å². The summed E-state index contributed by atoms with van der Waals surface area (Å²) in [5.74, 6) is 0. The molecule has 0 aliphatic rings. The zero-order valence-corrected chi connectivity index (χ0v) is 12.8. The Morgan fingerprint density at radius 2 is 1.59 bits per heavy atom. The van der Waals surface area contributed by atoms with Crippen LogP contribution < -0.4 is 0 Å². The standard InChI is InChI=1S/C7H11O6P3S/c1-6-2-4-7(5-3-6)17(9,10)13-16(8,11-14)12-15/h2-5H,14-15H2,1H3. The van der Waals surface area contributed by atoms with Gasteiger partial charge in [0.05, 0.1) is 4.90 Å². The van der Waals surface area contributed by atoms with Gasteiger partial charge in [-0.3, -0.25) is 8.62 Å². The summed E-state index contributed by atoms with van der Waals surface area (Å²) in [4.78, 5) is -0.132. The maximum Gasteiger partial charge on any atom is 0.495 e. The zero-order chi connectivity index (χ0) is 13.1. The van der Waals surface area contributed by atoms with Crippen molar-refractivity contribution >= 4 is 36.9 Å². The molecule has 0 aliphatic heterocycles. The first kappa shape index (κ1) is 15.2. The topological polar surface area (TPSA) is 78.9 Å². The van der Waals surface area contributed by atoms with E-state index in [1.165, 1.54) is 12.1 Å². The van der Waals surface area contributed by atoms with Gasteiger partial charge in [-0.1, -0.05) is 17.7 Å². The van der Waals surface area contributed by atoms with Crippen molar-refractivity contribution in [2.45, 2.75) is 11.8 Å². The molecule has 0 fully saturated rings. The molecule has 0 N–H and O–H groups in total. The summed E-state index contributed by atoms with van der Waals surface area (Å²) in [6.45, 7) is 1.81. The van der Waals surface area contributed by atoms with E-state index in [1.54, 1.807) is 38.0 Å². The molecule has 0 heterocycles. The van der Waals surface area contributed by atoms with Gasteiger partial charge in [-0.2, -0.15) is 12.4 Å². The van der Waals surface area contributed by atoms with Crippen LogP contribution in [0.5, 0.6) is 0 Å². The number of phosphoric acid groups is 1. The number of rotatable bonds is 5. The van der Waals surface area contributed by atoms with Gasteiger partial charge in [-0.25, -0.2) is 4.57 Å². The van der Waals surface area contributed by atoms with Crippen LogP contribution in [-0.4, -0.2) is 8.42 Å². The van der Waals surface area contributed by atoms with Crippen molar-refractivity contribution in [1.82, 2.24) is 0 Å². The quantitative estimate of drug-likeness (QED) is 0.776. The highest BCUT2D eigenvalue weighted by Crippen LogP contribution is 2.55. The van der Waals surface area contributed by atoms with Gasteiger partial charge in [-0.15, -0.1) is 0 Å². The van der Waals surface area contributed by atoms with Crippen LogP contribution in [0.2, 0.25) is 0 Å². The molecular formula is C7H11O6P3S. The van der Waals surface area contributed by atoms with E-state index in [-0.39, 0.29) is 4.90 Å². The second-order valence-corrected chi connectivity index (χ2v) is 7.56. The minimum atomic E-state index is -4.20. The van der Waals surface area contributed by atoms with Gasteiger partial charge < -0.3 is 0 Å². The van der Waals surface area contributed by atoms with Crippen molar-refractivity contribution in [2.75, 3.05) is 0 Å². The first-order chi connectivity index (χ1) is 7.83. The van der Waals surface area contributed by atoms with Crippen LogP contribution in [0.1, 0.15) is 5.56 Å². The molecule has 2 atom stereocenters. The Kier molecular flexibility index (Phi) is 5.23. The number of hydrogen-bond acceptors (Lipinski definition) is 6. The number of benzene rings is 1. The Morgan fingerprint density at radius 1 is 1.12 bits per heavy atom. The second kappa shape index (κ2) is 5.85. The van der Waals surface area contributed by atoms with Gasteiger partial charge in [0.2, 0.25) is 0 Å². The molecule has 1 rings (SSSR count). The molecule has 0 radical (unpaired) electrons. The highest BCUT2D eigenvalue weighted by Gasteiger charge is 2.32. The number of hydrogen-bond donors (Lipinski definition) is 0. The highest BCUT2D eigenvalue weighted by atomic mass is 32.2. The first-order valence-corrected chi connectivity index (χ1v) is 8.04. The molecule has 0 saturated carbocycles. The van der Waals surface area contributed by atoms with E-state index in [0.29, 0.717) is 0 Å². The van der Waals surface area contributed by atoms with Gasteiger partial charge in [0.15, 0.2) is 0 Å². The number of aryl methyl sites for hydroxylation is 1. The van der Waals surface area contributed by atoms with Crippen LogP contribution in [0.4, 0.5) is 0 Å². The Bertz CT molecular complexity index is 517. The van der Waals surface area contributed by atoms with Gasteiger partial charge in [-0.05, 0) is 19.1 Å². The van der Waals surface area contributed by atoms with Gasteiger partial charge >= 0.3 is 17.9 Å². The minimum absolute atomic E-state index is 0.132. The maximum absolute atomic E-state index is 11.7. The van der Waals surface area contributed by atoms with Crippen molar-refractivity contribution in [3.05, 3.63) is 29.8 Å². The van der Waals surface area contributed by atoms with Crippen molar-refractivity contribution < 1.29 is 25.6 Å². The largest absolute Gasteiger partial charge is 0.495 e. The van der Waals surface area contributed by atoms with Crippen LogP contribution in [0.15, 0.2) is 29.2 Å². The van der Waals surface area contributed by atoms with Gasteiger partial charge in [0.25, 0.3) is 0 Å². The third kappa shape index (κ3) is 4.08. The monoisotopic (exact) mass is 316 g/mol. The Balaban J connectivity index is 3.05. The molecule has 96 valence electrons. The summed E-state index contributed by atoms with van der Waals surface area (Å²) in [6.07, 6.45) is 0. The fourth-order valence-corrected chi connectivity index (χ4v) is 4.26. The lowest BCUT2D eigenvalue weighted by Gasteiger charge is -2.12.